The zero-order chi connectivity index (χ0) is 10.4. The average Bonchev–Trinajstić information content (AvgIpc) is 2.19. The van der Waals surface area contributed by atoms with Crippen LogP contribution in [0.1, 0.15) is 12.5 Å². The molecule has 0 amide bonds. The van der Waals surface area contributed by atoms with Crippen LogP contribution < -0.4 is 0 Å². The first-order valence-electron chi connectivity index (χ1n) is 5.17. The molecule has 0 aliphatic carbocycles. The smallest absolute Gasteiger partial charge is 0.0972 e. The zero-order valence-electron chi connectivity index (χ0n) is 9.40. The summed E-state index contributed by atoms with van der Waals surface area (Å²) in [6, 6.07) is 10.4. The number of benzene rings is 1. The molecular weight excluding hydrogens is 170 g/mol. The Hall–Kier alpha value is -1.08. The molecule has 1 aromatic carbocycles. The molecule has 14 heavy (non-hydrogen) atoms. The molecule has 0 aliphatic heterocycles. The Labute approximate surface area is 87.3 Å². The van der Waals surface area contributed by atoms with Gasteiger partial charge in [-0.1, -0.05) is 36.4 Å². The highest BCUT2D eigenvalue weighted by Crippen LogP contribution is 2.02. The quantitative estimate of drug-likeness (QED) is 0.640. The fourth-order valence-electron chi connectivity index (χ4n) is 1.17. The maximum Gasteiger partial charge on any atom is 0.0972 e. The molecule has 0 atom stereocenters. The second-order valence-electron chi connectivity index (χ2n) is 4.25. The molecule has 0 aromatic heterocycles. The van der Waals surface area contributed by atoms with Crippen molar-refractivity contribution < 1.29 is 4.48 Å². The summed E-state index contributed by atoms with van der Waals surface area (Å²) in [6.07, 6.45) is 4.44. The van der Waals surface area contributed by atoms with E-state index in [9.17, 15) is 0 Å². The van der Waals surface area contributed by atoms with E-state index in [1.54, 1.807) is 0 Å². The Balaban J connectivity index is 2.50. The van der Waals surface area contributed by atoms with Crippen molar-refractivity contribution in [3.63, 3.8) is 0 Å². The van der Waals surface area contributed by atoms with Crippen LogP contribution in [0.5, 0.6) is 0 Å². The largest absolute Gasteiger partial charge is 0.325 e. The summed E-state index contributed by atoms with van der Waals surface area (Å²) < 4.78 is 1.04. The number of hydrogen-bond donors (Lipinski definition) is 0. The molecule has 1 rings (SSSR count). The molecule has 0 spiro atoms. The van der Waals surface area contributed by atoms with E-state index in [1.807, 2.05) is 6.07 Å². The molecule has 0 saturated heterocycles. The first kappa shape index (κ1) is 11.0. The van der Waals surface area contributed by atoms with Crippen LogP contribution in [0, 0.1) is 0 Å². The second kappa shape index (κ2) is 4.97. The van der Waals surface area contributed by atoms with E-state index in [0.717, 1.165) is 11.0 Å². The number of quaternary nitrogens is 1. The third kappa shape index (κ3) is 3.75. The van der Waals surface area contributed by atoms with Crippen molar-refractivity contribution in [1.82, 2.24) is 0 Å². The molecule has 1 nitrogen and oxygen atoms in total. The van der Waals surface area contributed by atoms with Crippen LogP contribution in [0.3, 0.4) is 0 Å². The maximum atomic E-state index is 2.25. The van der Waals surface area contributed by atoms with Crippen LogP contribution in [-0.4, -0.2) is 31.7 Å². The van der Waals surface area contributed by atoms with Gasteiger partial charge in [-0.25, -0.2) is 0 Å². The SMILES string of the molecule is CC[N+](C)(C)CC=Cc1ccccc1. The predicted octanol–water partition coefficient (Wildman–Crippen LogP) is 2.80. The fourth-order valence-corrected chi connectivity index (χ4v) is 1.17. The van der Waals surface area contributed by atoms with Gasteiger partial charge in [0.25, 0.3) is 0 Å². The van der Waals surface area contributed by atoms with Crippen LogP contribution in [0.4, 0.5) is 0 Å². The molecule has 0 fully saturated rings. The molecule has 0 N–H and O–H groups in total. The van der Waals surface area contributed by atoms with E-state index < -0.39 is 0 Å². The minimum atomic E-state index is 1.04. The van der Waals surface area contributed by atoms with Gasteiger partial charge in [0.05, 0.1) is 27.2 Å². The number of likely N-dealkylation sites (N-methyl/N-ethyl adjacent to an activating group) is 1. The molecule has 0 bridgehead atoms. The standard InChI is InChI=1S/C13H20N/c1-4-14(2,3)12-8-11-13-9-6-5-7-10-13/h5-11H,4,12H2,1-3H3/q+1. The van der Waals surface area contributed by atoms with E-state index in [-0.39, 0.29) is 0 Å². The molecule has 0 aliphatic rings. The van der Waals surface area contributed by atoms with Crippen molar-refractivity contribution >= 4 is 6.08 Å². The van der Waals surface area contributed by atoms with Gasteiger partial charge in [-0.3, -0.25) is 0 Å². The van der Waals surface area contributed by atoms with E-state index in [4.69, 9.17) is 0 Å². The highest BCUT2D eigenvalue weighted by atomic mass is 15.3. The monoisotopic (exact) mass is 190 g/mol. The summed E-state index contributed by atoms with van der Waals surface area (Å²) in [5, 5.41) is 0. The fraction of sp³-hybridized carbons (Fsp3) is 0.385. The van der Waals surface area contributed by atoms with Gasteiger partial charge >= 0.3 is 0 Å². The van der Waals surface area contributed by atoms with E-state index in [2.05, 4.69) is 57.4 Å². The Morgan fingerprint density at radius 2 is 1.79 bits per heavy atom. The minimum absolute atomic E-state index is 1.04. The molecule has 0 saturated carbocycles. The molecular formula is C13H20N+. The lowest BCUT2D eigenvalue weighted by atomic mass is 10.2. The van der Waals surface area contributed by atoms with Crippen molar-refractivity contribution in [2.24, 2.45) is 0 Å². The second-order valence-corrected chi connectivity index (χ2v) is 4.25. The van der Waals surface area contributed by atoms with Gasteiger partial charge in [0.1, 0.15) is 0 Å². The van der Waals surface area contributed by atoms with Crippen LogP contribution in [0.15, 0.2) is 36.4 Å². The third-order valence-electron chi connectivity index (χ3n) is 2.57. The molecule has 1 heteroatoms. The lowest BCUT2D eigenvalue weighted by molar-refractivity contribution is -0.882. The van der Waals surface area contributed by atoms with Gasteiger partial charge in [0.15, 0.2) is 0 Å². The van der Waals surface area contributed by atoms with Gasteiger partial charge in [0, 0.05) is 0 Å². The van der Waals surface area contributed by atoms with Crippen LogP contribution in [-0.2, 0) is 0 Å². The van der Waals surface area contributed by atoms with Gasteiger partial charge in [0.2, 0.25) is 0 Å². The van der Waals surface area contributed by atoms with E-state index in [0.29, 0.717) is 0 Å². The van der Waals surface area contributed by atoms with Crippen LogP contribution in [0.25, 0.3) is 6.08 Å². The molecule has 0 unspecified atom stereocenters. The van der Waals surface area contributed by atoms with Gasteiger partial charge < -0.3 is 4.48 Å². The predicted molar refractivity (Wildman–Crippen MR) is 63.0 cm³/mol. The van der Waals surface area contributed by atoms with Crippen molar-refractivity contribution in [2.45, 2.75) is 6.92 Å². The average molecular weight is 190 g/mol. The van der Waals surface area contributed by atoms with Crippen molar-refractivity contribution in [1.29, 1.82) is 0 Å². The molecule has 0 radical (unpaired) electrons. The first-order valence-corrected chi connectivity index (χ1v) is 5.17. The highest BCUT2D eigenvalue weighted by Gasteiger charge is 2.07. The number of rotatable bonds is 4. The summed E-state index contributed by atoms with van der Waals surface area (Å²) in [5.41, 5.74) is 1.28. The Kier molecular flexibility index (Phi) is 3.90. The van der Waals surface area contributed by atoms with E-state index >= 15 is 0 Å². The highest BCUT2D eigenvalue weighted by molar-refractivity contribution is 5.48. The molecule has 0 heterocycles. The summed E-state index contributed by atoms with van der Waals surface area (Å²) >= 11 is 0. The molecule has 76 valence electrons. The summed E-state index contributed by atoms with van der Waals surface area (Å²) in [6.45, 7) is 4.47. The lowest BCUT2D eigenvalue weighted by Gasteiger charge is -2.26. The van der Waals surface area contributed by atoms with Crippen molar-refractivity contribution in [3.05, 3.63) is 42.0 Å². The third-order valence-corrected chi connectivity index (χ3v) is 2.57. The zero-order valence-corrected chi connectivity index (χ0v) is 9.40. The summed E-state index contributed by atoms with van der Waals surface area (Å²) in [7, 11) is 4.49. The van der Waals surface area contributed by atoms with Crippen molar-refractivity contribution in [2.75, 3.05) is 27.2 Å². The number of nitrogens with zero attached hydrogens (tertiary/aromatic N) is 1. The lowest BCUT2D eigenvalue weighted by Crippen LogP contribution is -2.39. The number of hydrogen-bond acceptors (Lipinski definition) is 0. The Morgan fingerprint density at radius 1 is 1.14 bits per heavy atom. The maximum absolute atomic E-state index is 2.25. The summed E-state index contributed by atoms with van der Waals surface area (Å²) in [4.78, 5) is 0. The molecule has 1 aromatic rings. The van der Waals surface area contributed by atoms with Gasteiger partial charge in [-0.05, 0) is 18.6 Å². The minimum Gasteiger partial charge on any atom is -0.325 e. The first-order chi connectivity index (χ1) is 6.64. The van der Waals surface area contributed by atoms with Crippen LogP contribution >= 0.6 is 0 Å². The Bertz CT molecular complexity index is 285. The van der Waals surface area contributed by atoms with Gasteiger partial charge in [-0.2, -0.15) is 0 Å². The normalized spacial score (nSPS) is 12.2. The summed E-state index contributed by atoms with van der Waals surface area (Å²) in [5.74, 6) is 0. The topological polar surface area (TPSA) is 0 Å². The van der Waals surface area contributed by atoms with Crippen molar-refractivity contribution in [3.8, 4) is 0 Å². The van der Waals surface area contributed by atoms with Crippen LogP contribution in [0.2, 0.25) is 0 Å². The van der Waals surface area contributed by atoms with E-state index in [1.165, 1.54) is 12.1 Å². The van der Waals surface area contributed by atoms with Gasteiger partial charge in [-0.15, -0.1) is 0 Å². The Morgan fingerprint density at radius 3 is 2.36 bits per heavy atom.